The van der Waals surface area contributed by atoms with Gasteiger partial charge in [-0.1, -0.05) is 12.1 Å². The third-order valence-electron chi connectivity index (χ3n) is 4.03. The molecule has 0 atom stereocenters. The summed E-state index contributed by atoms with van der Waals surface area (Å²) < 4.78 is 0. The van der Waals surface area contributed by atoms with Crippen molar-refractivity contribution < 1.29 is 4.79 Å². The first-order valence-electron chi connectivity index (χ1n) is 6.25. The molecule has 1 aliphatic carbocycles. The Labute approximate surface area is 102 Å². The maximum absolute atomic E-state index is 11.6. The van der Waals surface area contributed by atoms with E-state index in [1.807, 2.05) is 7.05 Å². The molecular formula is C14H18N2O. The van der Waals surface area contributed by atoms with Gasteiger partial charge < -0.3 is 10.6 Å². The molecule has 1 aliphatic heterocycles. The number of benzene rings is 1. The van der Waals surface area contributed by atoms with Crippen molar-refractivity contribution in [1.29, 1.82) is 0 Å². The summed E-state index contributed by atoms with van der Waals surface area (Å²) in [5, 5.41) is 0. The van der Waals surface area contributed by atoms with E-state index in [4.69, 9.17) is 5.73 Å². The quantitative estimate of drug-likeness (QED) is 0.858. The van der Waals surface area contributed by atoms with Crippen molar-refractivity contribution in [3.05, 3.63) is 29.3 Å². The van der Waals surface area contributed by atoms with Gasteiger partial charge >= 0.3 is 0 Å². The molecule has 0 spiro atoms. The molecule has 1 saturated carbocycles. The molecule has 3 nitrogen and oxygen atoms in total. The molecular weight excluding hydrogens is 212 g/mol. The van der Waals surface area contributed by atoms with Crippen LogP contribution in [0.4, 0.5) is 5.69 Å². The highest BCUT2D eigenvalue weighted by Gasteiger charge is 2.37. The Hall–Kier alpha value is -1.35. The van der Waals surface area contributed by atoms with Gasteiger partial charge in [-0.15, -0.1) is 0 Å². The van der Waals surface area contributed by atoms with E-state index in [1.165, 1.54) is 5.56 Å². The third kappa shape index (κ3) is 1.95. The Bertz CT molecular complexity index is 477. The number of hydrogen-bond donors (Lipinski definition) is 1. The van der Waals surface area contributed by atoms with Crippen LogP contribution in [0.3, 0.4) is 0 Å². The molecule has 0 aromatic heterocycles. The van der Waals surface area contributed by atoms with Crippen LogP contribution >= 0.6 is 0 Å². The number of carbonyl (C=O) groups excluding carboxylic acids is 1. The van der Waals surface area contributed by atoms with Gasteiger partial charge in [-0.2, -0.15) is 0 Å². The number of aryl methyl sites for hydroxylation is 1. The van der Waals surface area contributed by atoms with E-state index in [2.05, 4.69) is 18.2 Å². The summed E-state index contributed by atoms with van der Waals surface area (Å²) in [5.74, 6) is 0.189. The van der Waals surface area contributed by atoms with Crippen LogP contribution in [0.15, 0.2) is 18.2 Å². The van der Waals surface area contributed by atoms with Crippen molar-refractivity contribution in [1.82, 2.24) is 0 Å². The summed E-state index contributed by atoms with van der Waals surface area (Å²) in [6.45, 7) is 0. The summed E-state index contributed by atoms with van der Waals surface area (Å²) in [4.78, 5) is 13.3. The fraction of sp³-hybridized carbons (Fsp3) is 0.500. The van der Waals surface area contributed by atoms with Crippen molar-refractivity contribution in [2.75, 3.05) is 11.9 Å². The second-order valence-corrected chi connectivity index (χ2v) is 5.45. The van der Waals surface area contributed by atoms with Gasteiger partial charge in [0.2, 0.25) is 5.91 Å². The van der Waals surface area contributed by atoms with Gasteiger partial charge in [0.1, 0.15) is 0 Å². The van der Waals surface area contributed by atoms with Crippen LogP contribution in [-0.4, -0.2) is 18.5 Å². The number of amides is 1. The van der Waals surface area contributed by atoms with Gasteiger partial charge in [0.25, 0.3) is 0 Å². The highest BCUT2D eigenvalue weighted by atomic mass is 16.2. The van der Waals surface area contributed by atoms with E-state index in [0.29, 0.717) is 6.42 Å². The number of anilines is 1. The lowest BCUT2D eigenvalue weighted by molar-refractivity contribution is -0.117. The maximum atomic E-state index is 11.6. The Balaban J connectivity index is 1.77. The van der Waals surface area contributed by atoms with Gasteiger partial charge in [-0.25, -0.2) is 0 Å². The van der Waals surface area contributed by atoms with Crippen LogP contribution in [0.1, 0.15) is 30.4 Å². The molecule has 1 amide bonds. The Morgan fingerprint density at radius 3 is 2.88 bits per heavy atom. The van der Waals surface area contributed by atoms with Crippen molar-refractivity contribution in [3.63, 3.8) is 0 Å². The van der Waals surface area contributed by atoms with Crippen LogP contribution in [0.5, 0.6) is 0 Å². The monoisotopic (exact) mass is 230 g/mol. The van der Waals surface area contributed by atoms with Gasteiger partial charge in [0, 0.05) is 18.3 Å². The van der Waals surface area contributed by atoms with E-state index in [9.17, 15) is 4.79 Å². The van der Waals surface area contributed by atoms with Crippen LogP contribution in [0.25, 0.3) is 0 Å². The number of hydrogen-bond acceptors (Lipinski definition) is 2. The standard InChI is InChI=1S/C14H18N2O/c1-16-12-8-10(4-5-14(15)6-7-14)2-3-11(12)9-13(16)17/h2-3,8H,4-7,9,15H2,1H3. The molecule has 1 aromatic rings. The summed E-state index contributed by atoms with van der Waals surface area (Å²) in [6, 6.07) is 6.37. The predicted molar refractivity (Wildman–Crippen MR) is 68.0 cm³/mol. The predicted octanol–water partition coefficient (Wildman–Crippen LogP) is 1.63. The molecule has 17 heavy (non-hydrogen) atoms. The van der Waals surface area contributed by atoms with Gasteiger partial charge in [0.05, 0.1) is 6.42 Å². The smallest absolute Gasteiger partial charge is 0.231 e. The molecule has 1 fully saturated rings. The molecule has 3 heteroatoms. The average Bonchev–Trinajstić information content (AvgIpc) is 2.98. The Morgan fingerprint density at radius 2 is 2.18 bits per heavy atom. The van der Waals surface area contributed by atoms with Crippen molar-refractivity contribution in [2.24, 2.45) is 5.73 Å². The Morgan fingerprint density at radius 1 is 1.41 bits per heavy atom. The van der Waals surface area contributed by atoms with Gasteiger partial charge in [-0.05, 0) is 42.9 Å². The van der Waals surface area contributed by atoms with Crippen LogP contribution in [0.2, 0.25) is 0 Å². The normalized spacial score (nSPS) is 20.6. The fourth-order valence-corrected chi connectivity index (χ4v) is 2.45. The number of nitrogens with zero attached hydrogens (tertiary/aromatic N) is 1. The average molecular weight is 230 g/mol. The second kappa shape index (κ2) is 3.57. The lowest BCUT2D eigenvalue weighted by Gasteiger charge is -2.13. The number of likely N-dealkylation sites (N-methyl/N-ethyl adjacent to an activating group) is 1. The molecule has 90 valence electrons. The summed E-state index contributed by atoms with van der Waals surface area (Å²) in [7, 11) is 1.85. The molecule has 0 bridgehead atoms. The third-order valence-corrected chi connectivity index (χ3v) is 4.03. The van der Waals surface area contributed by atoms with E-state index in [0.717, 1.165) is 36.9 Å². The highest BCUT2D eigenvalue weighted by molar-refractivity contribution is 6.00. The molecule has 2 aliphatic rings. The van der Waals surface area contributed by atoms with E-state index < -0.39 is 0 Å². The molecule has 2 N–H and O–H groups in total. The first kappa shape index (κ1) is 10.8. The molecule has 0 unspecified atom stereocenters. The number of rotatable bonds is 3. The lowest BCUT2D eigenvalue weighted by atomic mass is 10.0. The zero-order valence-corrected chi connectivity index (χ0v) is 10.2. The fourth-order valence-electron chi connectivity index (χ4n) is 2.45. The van der Waals surface area contributed by atoms with Crippen molar-refractivity contribution >= 4 is 11.6 Å². The largest absolute Gasteiger partial charge is 0.325 e. The minimum Gasteiger partial charge on any atom is -0.325 e. The number of nitrogens with two attached hydrogens (primary N) is 1. The zero-order valence-electron chi connectivity index (χ0n) is 10.2. The highest BCUT2D eigenvalue weighted by Crippen LogP contribution is 2.37. The summed E-state index contributed by atoms with van der Waals surface area (Å²) in [5.41, 5.74) is 9.72. The summed E-state index contributed by atoms with van der Waals surface area (Å²) >= 11 is 0. The summed E-state index contributed by atoms with van der Waals surface area (Å²) in [6.07, 6.45) is 4.95. The topological polar surface area (TPSA) is 46.3 Å². The molecule has 3 rings (SSSR count). The molecule has 0 saturated heterocycles. The minimum atomic E-state index is 0.112. The maximum Gasteiger partial charge on any atom is 0.231 e. The Kier molecular flexibility index (Phi) is 2.26. The van der Waals surface area contributed by atoms with Crippen LogP contribution < -0.4 is 10.6 Å². The van der Waals surface area contributed by atoms with E-state index in [-0.39, 0.29) is 11.4 Å². The second-order valence-electron chi connectivity index (χ2n) is 5.45. The number of carbonyl (C=O) groups is 1. The zero-order chi connectivity index (χ0) is 12.0. The van der Waals surface area contributed by atoms with Gasteiger partial charge in [0.15, 0.2) is 0 Å². The van der Waals surface area contributed by atoms with Crippen LogP contribution in [0, 0.1) is 0 Å². The SMILES string of the molecule is CN1C(=O)Cc2ccc(CCC3(N)CC3)cc21. The lowest BCUT2D eigenvalue weighted by Crippen LogP contribution is -2.22. The number of fused-ring (bicyclic) bond motifs is 1. The van der Waals surface area contributed by atoms with Gasteiger partial charge in [-0.3, -0.25) is 4.79 Å². The van der Waals surface area contributed by atoms with E-state index >= 15 is 0 Å². The molecule has 1 heterocycles. The van der Waals surface area contributed by atoms with E-state index in [1.54, 1.807) is 4.90 Å². The van der Waals surface area contributed by atoms with Crippen molar-refractivity contribution in [3.8, 4) is 0 Å². The molecule has 1 aromatic carbocycles. The molecule has 0 radical (unpaired) electrons. The van der Waals surface area contributed by atoms with Crippen LogP contribution in [-0.2, 0) is 17.6 Å². The first-order chi connectivity index (χ1) is 8.07. The van der Waals surface area contributed by atoms with Crippen molar-refractivity contribution in [2.45, 2.75) is 37.6 Å². The first-order valence-corrected chi connectivity index (χ1v) is 6.25. The minimum absolute atomic E-state index is 0.112.